The van der Waals surface area contributed by atoms with Gasteiger partial charge in [0.05, 0.1) is 5.41 Å². The highest BCUT2D eigenvalue weighted by Gasteiger charge is 2.33. The maximum atomic E-state index is 11.1. The molecule has 1 aliphatic rings. The second-order valence-electron chi connectivity index (χ2n) is 5.20. The first-order chi connectivity index (χ1) is 7.90. The first kappa shape index (κ1) is 12.2. The summed E-state index contributed by atoms with van der Waals surface area (Å²) >= 11 is 6.11. The number of anilines is 1. The molecule has 1 aromatic rings. The van der Waals surface area contributed by atoms with Crippen LogP contribution in [0.15, 0.2) is 18.2 Å². The van der Waals surface area contributed by atoms with Crippen LogP contribution in [-0.4, -0.2) is 17.1 Å². The van der Waals surface area contributed by atoms with Crippen molar-refractivity contribution in [1.82, 2.24) is 0 Å². The number of halogens is 1. The molecule has 92 valence electrons. The van der Waals surface area contributed by atoms with Crippen LogP contribution in [0.1, 0.15) is 25.8 Å². The third-order valence-corrected chi connectivity index (χ3v) is 3.62. The van der Waals surface area contributed by atoms with Crippen molar-refractivity contribution in [3.8, 4) is 0 Å². The molecule has 17 heavy (non-hydrogen) atoms. The molecule has 1 aliphatic heterocycles. The Kier molecular flexibility index (Phi) is 3.04. The van der Waals surface area contributed by atoms with Crippen molar-refractivity contribution in [2.75, 3.05) is 5.32 Å². The van der Waals surface area contributed by atoms with Crippen LogP contribution in [0.25, 0.3) is 0 Å². The van der Waals surface area contributed by atoms with Gasteiger partial charge in [-0.15, -0.1) is 0 Å². The lowest BCUT2D eigenvalue weighted by molar-refractivity contribution is -0.147. The minimum atomic E-state index is -0.763. The molecule has 1 aromatic carbocycles. The normalized spacial score (nSPS) is 18.6. The largest absolute Gasteiger partial charge is 0.481 e. The predicted octanol–water partition coefficient (Wildman–Crippen LogP) is 3.18. The van der Waals surface area contributed by atoms with Gasteiger partial charge < -0.3 is 10.4 Å². The smallest absolute Gasteiger partial charge is 0.309 e. The van der Waals surface area contributed by atoms with E-state index in [9.17, 15) is 4.79 Å². The Morgan fingerprint density at radius 1 is 1.59 bits per heavy atom. The van der Waals surface area contributed by atoms with Crippen LogP contribution in [0.2, 0.25) is 5.02 Å². The molecule has 3 nitrogen and oxygen atoms in total. The summed E-state index contributed by atoms with van der Waals surface area (Å²) in [6.07, 6.45) is 1.39. The van der Waals surface area contributed by atoms with Crippen molar-refractivity contribution in [2.45, 2.75) is 32.7 Å². The number of hydrogen-bond acceptors (Lipinski definition) is 2. The van der Waals surface area contributed by atoms with Gasteiger partial charge in [-0.1, -0.05) is 17.7 Å². The van der Waals surface area contributed by atoms with E-state index in [1.54, 1.807) is 13.8 Å². The average molecular weight is 254 g/mol. The van der Waals surface area contributed by atoms with Crippen molar-refractivity contribution in [1.29, 1.82) is 0 Å². The summed E-state index contributed by atoms with van der Waals surface area (Å²) in [5, 5.41) is 13.2. The lowest BCUT2D eigenvalue weighted by Crippen LogP contribution is -2.31. The maximum absolute atomic E-state index is 11.1. The SMILES string of the molecule is CC(C)(CC1Cc2c(Cl)cccc2N1)C(=O)O. The number of carboxylic acids is 1. The lowest BCUT2D eigenvalue weighted by atomic mass is 9.85. The Hall–Kier alpha value is -1.22. The van der Waals surface area contributed by atoms with E-state index >= 15 is 0 Å². The summed E-state index contributed by atoms with van der Waals surface area (Å²) in [6.45, 7) is 3.50. The van der Waals surface area contributed by atoms with E-state index in [1.165, 1.54) is 0 Å². The van der Waals surface area contributed by atoms with Crippen LogP contribution in [0.5, 0.6) is 0 Å². The number of carbonyl (C=O) groups is 1. The van der Waals surface area contributed by atoms with Gasteiger partial charge in [0.25, 0.3) is 0 Å². The summed E-state index contributed by atoms with van der Waals surface area (Å²) in [4.78, 5) is 11.1. The molecule has 1 heterocycles. The highest BCUT2D eigenvalue weighted by molar-refractivity contribution is 6.31. The number of benzene rings is 1. The Labute approximate surface area is 106 Å². The molecule has 0 bridgehead atoms. The van der Waals surface area contributed by atoms with Gasteiger partial charge in [0, 0.05) is 16.8 Å². The van der Waals surface area contributed by atoms with Crippen LogP contribution in [0.4, 0.5) is 5.69 Å². The van der Waals surface area contributed by atoms with Crippen molar-refractivity contribution < 1.29 is 9.90 Å². The number of nitrogens with one attached hydrogen (secondary N) is 1. The molecule has 0 fully saturated rings. The third-order valence-electron chi connectivity index (χ3n) is 3.26. The molecule has 0 radical (unpaired) electrons. The summed E-state index contributed by atoms with van der Waals surface area (Å²) < 4.78 is 0. The molecule has 4 heteroatoms. The minimum Gasteiger partial charge on any atom is -0.481 e. The zero-order valence-corrected chi connectivity index (χ0v) is 10.7. The summed E-state index contributed by atoms with van der Waals surface area (Å²) in [5.41, 5.74) is 1.41. The van der Waals surface area contributed by atoms with Crippen LogP contribution in [0, 0.1) is 5.41 Å². The minimum absolute atomic E-state index is 0.149. The second kappa shape index (κ2) is 4.22. The molecule has 0 saturated carbocycles. The van der Waals surface area contributed by atoms with Crippen molar-refractivity contribution in [2.24, 2.45) is 5.41 Å². The van der Waals surface area contributed by atoms with E-state index in [0.717, 1.165) is 22.7 Å². The zero-order chi connectivity index (χ0) is 12.6. The summed E-state index contributed by atoms with van der Waals surface area (Å²) in [6, 6.07) is 5.90. The molecular formula is C13H16ClNO2. The quantitative estimate of drug-likeness (QED) is 0.870. The van der Waals surface area contributed by atoms with Crippen molar-refractivity contribution in [3.05, 3.63) is 28.8 Å². The van der Waals surface area contributed by atoms with E-state index in [1.807, 2.05) is 18.2 Å². The van der Waals surface area contributed by atoms with Gasteiger partial charge in [0.1, 0.15) is 0 Å². The van der Waals surface area contributed by atoms with Gasteiger partial charge in [-0.3, -0.25) is 4.79 Å². The molecule has 2 N–H and O–H groups in total. The van der Waals surface area contributed by atoms with Gasteiger partial charge in [0.15, 0.2) is 0 Å². The fourth-order valence-corrected chi connectivity index (χ4v) is 2.50. The molecule has 1 unspecified atom stereocenters. The standard InChI is InChI=1S/C13H16ClNO2/c1-13(2,12(16)17)7-8-6-9-10(14)4-3-5-11(9)15-8/h3-5,8,15H,6-7H2,1-2H3,(H,16,17). The van der Waals surface area contributed by atoms with Crippen LogP contribution >= 0.6 is 11.6 Å². The highest BCUT2D eigenvalue weighted by atomic mass is 35.5. The molecule has 0 aliphatic carbocycles. The molecule has 0 saturated heterocycles. The van der Waals surface area contributed by atoms with E-state index < -0.39 is 11.4 Å². The fraction of sp³-hybridized carbons (Fsp3) is 0.462. The molecule has 0 amide bonds. The Morgan fingerprint density at radius 3 is 2.88 bits per heavy atom. The zero-order valence-electron chi connectivity index (χ0n) is 9.96. The number of hydrogen-bond donors (Lipinski definition) is 2. The Morgan fingerprint density at radius 2 is 2.29 bits per heavy atom. The van der Waals surface area contributed by atoms with Gasteiger partial charge in [0.2, 0.25) is 0 Å². The monoisotopic (exact) mass is 253 g/mol. The maximum Gasteiger partial charge on any atom is 0.309 e. The molecular weight excluding hydrogens is 238 g/mol. The number of aliphatic carboxylic acids is 1. The van der Waals surface area contributed by atoms with Crippen molar-refractivity contribution >= 4 is 23.3 Å². The van der Waals surface area contributed by atoms with E-state index in [0.29, 0.717) is 6.42 Å². The predicted molar refractivity (Wildman–Crippen MR) is 68.6 cm³/mol. The fourth-order valence-electron chi connectivity index (χ4n) is 2.25. The highest BCUT2D eigenvalue weighted by Crippen LogP contribution is 2.35. The van der Waals surface area contributed by atoms with Crippen LogP contribution in [0.3, 0.4) is 0 Å². The third kappa shape index (κ3) is 2.39. The van der Waals surface area contributed by atoms with Crippen molar-refractivity contribution in [3.63, 3.8) is 0 Å². The Balaban J connectivity index is 2.11. The van der Waals surface area contributed by atoms with Gasteiger partial charge in [-0.05, 0) is 44.4 Å². The lowest BCUT2D eigenvalue weighted by Gasteiger charge is -2.23. The topological polar surface area (TPSA) is 49.3 Å². The number of rotatable bonds is 3. The molecule has 2 rings (SSSR count). The molecule has 0 spiro atoms. The van der Waals surface area contributed by atoms with Crippen LogP contribution < -0.4 is 5.32 Å². The summed E-state index contributed by atoms with van der Waals surface area (Å²) in [5.74, 6) is -0.763. The summed E-state index contributed by atoms with van der Waals surface area (Å²) in [7, 11) is 0. The number of fused-ring (bicyclic) bond motifs is 1. The van der Waals surface area contributed by atoms with E-state index in [4.69, 9.17) is 16.7 Å². The molecule has 0 aromatic heterocycles. The van der Waals surface area contributed by atoms with Gasteiger partial charge in [-0.25, -0.2) is 0 Å². The molecule has 1 atom stereocenters. The Bertz CT molecular complexity index is 457. The van der Waals surface area contributed by atoms with Crippen LogP contribution in [-0.2, 0) is 11.2 Å². The first-order valence-corrected chi connectivity index (χ1v) is 6.05. The second-order valence-corrected chi connectivity index (χ2v) is 5.61. The average Bonchev–Trinajstić information content (AvgIpc) is 2.60. The number of carboxylic acid groups (broad SMARTS) is 1. The van der Waals surface area contributed by atoms with E-state index in [-0.39, 0.29) is 6.04 Å². The first-order valence-electron chi connectivity index (χ1n) is 5.67. The van der Waals surface area contributed by atoms with Gasteiger partial charge in [-0.2, -0.15) is 0 Å². The van der Waals surface area contributed by atoms with E-state index in [2.05, 4.69) is 5.32 Å². The van der Waals surface area contributed by atoms with Gasteiger partial charge >= 0.3 is 5.97 Å².